The van der Waals surface area contributed by atoms with Crippen LogP contribution < -0.4 is 0 Å². The Morgan fingerprint density at radius 3 is 2.67 bits per heavy atom. The zero-order chi connectivity index (χ0) is 7.28. The molecule has 0 rings (SSSR count). The number of rotatable bonds is 3. The van der Waals surface area contributed by atoms with Crippen LogP contribution in [0, 0.1) is 5.92 Å². The van der Waals surface area contributed by atoms with Gasteiger partial charge in [0.05, 0.1) is 0 Å². The van der Waals surface area contributed by atoms with Crippen molar-refractivity contribution in [1.29, 1.82) is 0 Å². The number of carbonyl (C=O) groups is 1. The van der Waals surface area contributed by atoms with Crippen LogP contribution in [0.1, 0.15) is 20.3 Å². The summed E-state index contributed by atoms with van der Waals surface area (Å²) in [6.07, 6.45) is 0.748. The molecule has 1 radical (unpaired) electrons. The second-order valence-electron chi connectivity index (χ2n) is 1.81. The molecule has 0 saturated carbocycles. The number of carbonyl (C=O) groups excluding carboxylic acids is 1. The summed E-state index contributed by atoms with van der Waals surface area (Å²) in [5.41, 5.74) is 0. The van der Waals surface area contributed by atoms with E-state index in [1.807, 2.05) is 6.92 Å². The topological polar surface area (TPSA) is 43.4 Å². The van der Waals surface area contributed by atoms with Crippen molar-refractivity contribution in [2.24, 2.45) is 5.92 Å². The van der Waals surface area contributed by atoms with E-state index in [0.29, 0.717) is 0 Å². The van der Waals surface area contributed by atoms with Gasteiger partial charge in [0.1, 0.15) is 0 Å². The van der Waals surface area contributed by atoms with Crippen LogP contribution in [0.25, 0.3) is 0 Å². The van der Waals surface area contributed by atoms with Gasteiger partial charge in [0, 0.05) is 0 Å². The van der Waals surface area contributed by atoms with Gasteiger partial charge in [-0.1, -0.05) is 0 Å². The second-order valence-corrected chi connectivity index (χ2v) is 2.87. The molecule has 0 aliphatic carbocycles. The first-order valence-corrected chi connectivity index (χ1v) is 5.13. The predicted octanol–water partition coefficient (Wildman–Crippen LogP) is 0.540. The molecule has 0 amide bonds. The predicted molar refractivity (Wildman–Crippen MR) is 32.0 cm³/mol. The zero-order valence-corrected chi connectivity index (χ0v) is 8.36. The Balaban J connectivity index is 3.58. The van der Waals surface area contributed by atoms with Crippen molar-refractivity contribution in [3.05, 3.63) is 0 Å². The molecule has 0 heterocycles. The van der Waals surface area contributed by atoms with E-state index in [1.165, 1.54) is 0 Å². The fourth-order valence-corrected chi connectivity index (χ4v) is 1.12. The van der Waals surface area contributed by atoms with Gasteiger partial charge >= 0.3 is 64.6 Å². The molecule has 0 aromatic carbocycles. The van der Waals surface area contributed by atoms with Crippen LogP contribution in [-0.2, 0) is 10.9 Å². The molecule has 0 aliphatic heterocycles. The van der Waals surface area contributed by atoms with E-state index in [1.54, 1.807) is 6.92 Å². The molecule has 0 saturated heterocycles. The maximum atomic E-state index is 10.6. The van der Waals surface area contributed by atoms with Gasteiger partial charge in [-0.15, -0.1) is 0 Å². The summed E-state index contributed by atoms with van der Waals surface area (Å²) >= 11 is -2.01. The first-order chi connectivity index (χ1) is 4.22. The first kappa shape index (κ1) is 9.07. The third kappa shape index (κ3) is 3.61. The van der Waals surface area contributed by atoms with Crippen molar-refractivity contribution in [3.63, 3.8) is 0 Å². The second kappa shape index (κ2) is 4.90. The third-order valence-corrected chi connectivity index (χ3v) is 1.97. The molecule has 1 unspecified atom stereocenters. The molecule has 9 heavy (non-hydrogen) atoms. The van der Waals surface area contributed by atoms with Crippen molar-refractivity contribution >= 4 is 27.5 Å². The zero-order valence-electron chi connectivity index (χ0n) is 5.51. The van der Waals surface area contributed by atoms with Gasteiger partial charge in [0.15, 0.2) is 0 Å². The molecular formula is C5H9O3Sn. The summed E-state index contributed by atoms with van der Waals surface area (Å²) in [5, 5.41) is 0. The van der Waals surface area contributed by atoms with E-state index in [2.05, 4.69) is 3.07 Å². The molecular weight excluding hydrogens is 227 g/mol. The van der Waals surface area contributed by atoms with E-state index in [0.717, 1.165) is 6.42 Å². The quantitative estimate of drug-likeness (QED) is 0.671. The minimum absolute atomic E-state index is 0.0974. The van der Waals surface area contributed by atoms with Gasteiger partial charge in [-0.3, -0.25) is 0 Å². The standard InChI is InChI=1S/C5H10O2.O.Sn/c1-3-4(2)5(6)7;;/h4H,3H2,1-2H3,(H,6,7);;/q;;+1/p-1. The third-order valence-electron chi connectivity index (χ3n) is 1.16. The van der Waals surface area contributed by atoms with Crippen LogP contribution in [0.4, 0.5) is 0 Å². The summed E-state index contributed by atoms with van der Waals surface area (Å²) in [6.45, 7) is 3.65. The Morgan fingerprint density at radius 2 is 2.33 bits per heavy atom. The van der Waals surface area contributed by atoms with Crippen LogP contribution in [-0.4, -0.2) is 27.5 Å². The number of hydrogen-bond acceptors (Lipinski definition) is 3. The molecule has 0 aromatic rings. The van der Waals surface area contributed by atoms with E-state index >= 15 is 0 Å². The van der Waals surface area contributed by atoms with Gasteiger partial charge in [0.2, 0.25) is 0 Å². The normalized spacial score (nSPS) is 12.2. The van der Waals surface area contributed by atoms with Gasteiger partial charge in [-0.05, 0) is 0 Å². The van der Waals surface area contributed by atoms with Crippen molar-refractivity contribution in [3.8, 4) is 0 Å². The molecule has 1 atom stereocenters. The average Bonchev–Trinajstić information content (AvgIpc) is 1.87. The summed E-state index contributed by atoms with van der Waals surface area (Å²) in [5.74, 6) is -0.418. The molecule has 0 aliphatic rings. The maximum absolute atomic E-state index is 10.6. The van der Waals surface area contributed by atoms with Gasteiger partial charge < -0.3 is 0 Å². The fraction of sp³-hybridized carbons (Fsp3) is 0.800. The SMILES string of the molecule is CCC(C)C(=O)[O][Sn]=[O]. The van der Waals surface area contributed by atoms with Crippen molar-refractivity contribution in [1.82, 2.24) is 0 Å². The van der Waals surface area contributed by atoms with Crippen LogP contribution in [0.5, 0.6) is 0 Å². The Labute approximate surface area is 64.9 Å². The first-order valence-electron chi connectivity index (χ1n) is 2.80. The van der Waals surface area contributed by atoms with E-state index < -0.39 is 21.5 Å². The van der Waals surface area contributed by atoms with E-state index in [4.69, 9.17) is 0 Å². The summed E-state index contributed by atoms with van der Waals surface area (Å²) in [6, 6.07) is 0. The van der Waals surface area contributed by atoms with Gasteiger partial charge in [-0.2, -0.15) is 0 Å². The molecule has 0 spiro atoms. The van der Waals surface area contributed by atoms with E-state index in [9.17, 15) is 7.87 Å². The van der Waals surface area contributed by atoms with E-state index in [-0.39, 0.29) is 11.9 Å². The van der Waals surface area contributed by atoms with Crippen molar-refractivity contribution in [2.75, 3.05) is 0 Å². The Kier molecular flexibility index (Phi) is 4.94. The Hall–Kier alpha value is 0.0687. The number of hydrogen-bond donors (Lipinski definition) is 0. The van der Waals surface area contributed by atoms with Gasteiger partial charge in [0.25, 0.3) is 0 Å². The van der Waals surface area contributed by atoms with Crippen LogP contribution in [0.3, 0.4) is 0 Å². The summed E-state index contributed by atoms with van der Waals surface area (Å²) < 4.78 is 14.3. The Bertz CT molecular complexity index is 113. The molecule has 0 N–H and O–H groups in total. The minimum atomic E-state index is -2.01. The molecule has 0 bridgehead atoms. The van der Waals surface area contributed by atoms with Crippen molar-refractivity contribution < 1.29 is 10.9 Å². The summed E-state index contributed by atoms with van der Waals surface area (Å²) in [7, 11) is 0. The molecule has 4 heteroatoms. The van der Waals surface area contributed by atoms with Crippen LogP contribution >= 0.6 is 0 Å². The van der Waals surface area contributed by atoms with Crippen LogP contribution in [0.2, 0.25) is 0 Å². The fourth-order valence-electron chi connectivity index (χ4n) is 0.308. The Morgan fingerprint density at radius 1 is 1.78 bits per heavy atom. The molecule has 51 valence electrons. The van der Waals surface area contributed by atoms with Gasteiger partial charge in [-0.25, -0.2) is 0 Å². The molecule has 0 aromatic heterocycles. The molecule has 3 nitrogen and oxygen atoms in total. The average molecular weight is 236 g/mol. The van der Waals surface area contributed by atoms with Crippen molar-refractivity contribution in [2.45, 2.75) is 20.3 Å². The monoisotopic (exact) mass is 237 g/mol. The summed E-state index contributed by atoms with van der Waals surface area (Å²) in [4.78, 5) is 10.6. The molecule has 0 fully saturated rings. The van der Waals surface area contributed by atoms with Crippen LogP contribution in [0.15, 0.2) is 0 Å².